The Labute approximate surface area is 152 Å². The molecule has 7 nitrogen and oxygen atoms in total. The van der Waals surface area contributed by atoms with Gasteiger partial charge < -0.3 is 10.6 Å². The van der Waals surface area contributed by atoms with Crippen LogP contribution in [0, 0.1) is 6.92 Å². The minimum absolute atomic E-state index is 0.0373. The third-order valence-electron chi connectivity index (χ3n) is 3.46. The summed E-state index contributed by atoms with van der Waals surface area (Å²) in [6.07, 6.45) is 0. The van der Waals surface area contributed by atoms with Gasteiger partial charge in [-0.05, 0) is 49.7 Å². The maximum atomic E-state index is 12.5. The topological polar surface area (TPSA) is 104 Å². The summed E-state index contributed by atoms with van der Waals surface area (Å²) in [5.74, 6) is -0.838. The summed E-state index contributed by atoms with van der Waals surface area (Å²) in [6.45, 7) is 3.92. The minimum Gasteiger partial charge on any atom is -0.355 e. The molecule has 0 radical (unpaired) electrons. The molecule has 0 aromatic heterocycles. The summed E-state index contributed by atoms with van der Waals surface area (Å²) in [6, 6.07) is 12.6. The van der Waals surface area contributed by atoms with Crippen molar-refractivity contribution in [1.82, 2.24) is 10.6 Å². The molecular weight excluding hydrogens is 354 g/mol. The first-order chi connectivity index (χ1) is 12.3. The molecular formula is C18H21N3O4S. The van der Waals surface area contributed by atoms with Crippen molar-refractivity contribution in [1.29, 1.82) is 0 Å². The number of likely N-dealkylation sites (N-methyl/N-ethyl adjacent to an activating group) is 1. The van der Waals surface area contributed by atoms with Crippen LogP contribution in [-0.4, -0.2) is 33.3 Å². The van der Waals surface area contributed by atoms with Crippen molar-refractivity contribution in [3.8, 4) is 0 Å². The number of anilines is 1. The number of carbonyl (C=O) groups is 2. The largest absolute Gasteiger partial charge is 0.355 e. The van der Waals surface area contributed by atoms with Gasteiger partial charge in [0.1, 0.15) is 0 Å². The van der Waals surface area contributed by atoms with E-state index in [0.717, 1.165) is 5.56 Å². The lowest BCUT2D eigenvalue weighted by Gasteiger charge is -2.10. The first-order valence-electron chi connectivity index (χ1n) is 8.06. The van der Waals surface area contributed by atoms with Gasteiger partial charge in [0.2, 0.25) is 5.91 Å². The third kappa shape index (κ3) is 5.32. The first-order valence-corrected chi connectivity index (χ1v) is 9.54. The molecule has 138 valence electrons. The molecule has 0 spiro atoms. The molecule has 0 aliphatic rings. The lowest BCUT2D eigenvalue weighted by atomic mass is 10.2. The molecule has 0 bridgehead atoms. The van der Waals surface area contributed by atoms with Gasteiger partial charge in [-0.2, -0.15) is 0 Å². The van der Waals surface area contributed by atoms with E-state index in [1.54, 1.807) is 25.1 Å². The predicted molar refractivity (Wildman–Crippen MR) is 99.4 cm³/mol. The highest BCUT2D eigenvalue weighted by Gasteiger charge is 2.17. The zero-order valence-corrected chi connectivity index (χ0v) is 15.4. The predicted octanol–water partition coefficient (Wildman–Crippen LogP) is 1.66. The Morgan fingerprint density at radius 3 is 2.42 bits per heavy atom. The summed E-state index contributed by atoms with van der Waals surface area (Å²) in [4.78, 5) is 23.5. The molecule has 26 heavy (non-hydrogen) atoms. The van der Waals surface area contributed by atoms with E-state index in [0.29, 0.717) is 12.2 Å². The normalized spacial score (nSPS) is 10.8. The van der Waals surface area contributed by atoms with Crippen molar-refractivity contribution >= 4 is 27.5 Å². The van der Waals surface area contributed by atoms with Crippen LogP contribution in [0.1, 0.15) is 22.8 Å². The quantitative estimate of drug-likeness (QED) is 0.684. The highest BCUT2D eigenvalue weighted by atomic mass is 32.2. The van der Waals surface area contributed by atoms with Gasteiger partial charge in [-0.3, -0.25) is 14.3 Å². The Morgan fingerprint density at radius 1 is 1.00 bits per heavy atom. The smallest absolute Gasteiger partial charge is 0.261 e. The van der Waals surface area contributed by atoms with Gasteiger partial charge >= 0.3 is 0 Å². The molecule has 0 atom stereocenters. The van der Waals surface area contributed by atoms with E-state index in [4.69, 9.17) is 0 Å². The molecule has 0 aliphatic carbocycles. The molecule has 2 rings (SSSR count). The third-order valence-corrected chi connectivity index (χ3v) is 4.84. The van der Waals surface area contributed by atoms with Crippen LogP contribution in [-0.2, 0) is 14.8 Å². The number of benzene rings is 2. The van der Waals surface area contributed by atoms with Crippen LogP contribution in [0.15, 0.2) is 53.4 Å². The molecule has 0 fully saturated rings. The van der Waals surface area contributed by atoms with Crippen molar-refractivity contribution < 1.29 is 18.0 Å². The van der Waals surface area contributed by atoms with Gasteiger partial charge in [-0.15, -0.1) is 0 Å². The maximum Gasteiger partial charge on any atom is 0.261 e. The summed E-state index contributed by atoms with van der Waals surface area (Å²) >= 11 is 0. The maximum absolute atomic E-state index is 12.5. The Bertz CT molecular complexity index is 910. The second kappa shape index (κ2) is 8.48. The standard InChI is InChI=1S/C18H21N3O4S/c1-3-19-17(22)12-20-18(23)14-7-5-9-16(11-14)26(24,25)21-15-8-4-6-13(2)10-15/h4-11,21H,3,12H2,1-2H3,(H,19,22)(H,20,23). The van der Waals surface area contributed by atoms with Gasteiger partial charge in [-0.25, -0.2) is 8.42 Å². The van der Waals surface area contributed by atoms with Crippen molar-refractivity contribution in [2.75, 3.05) is 17.8 Å². The van der Waals surface area contributed by atoms with E-state index < -0.39 is 15.9 Å². The minimum atomic E-state index is -3.84. The number of carbonyl (C=O) groups excluding carboxylic acids is 2. The summed E-state index contributed by atoms with van der Waals surface area (Å²) in [5.41, 5.74) is 1.51. The molecule has 3 N–H and O–H groups in total. The Morgan fingerprint density at radius 2 is 1.73 bits per heavy atom. The summed E-state index contributed by atoms with van der Waals surface area (Å²) in [7, 11) is -3.84. The Kier molecular flexibility index (Phi) is 6.35. The van der Waals surface area contributed by atoms with E-state index in [1.165, 1.54) is 24.3 Å². The summed E-state index contributed by atoms with van der Waals surface area (Å²) in [5, 5.41) is 5.01. The van der Waals surface area contributed by atoms with Crippen LogP contribution >= 0.6 is 0 Å². The number of hydrogen-bond acceptors (Lipinski definition) is 4. The highest BCUT2D eigenvalue weighted by Crippen LogP contribution is 2.18. The van der Waals surface area contributed by atoms with Gasteiger partial charge in [0, 0.05) is 17.8 Å². The van der Waals surface area contributed by atoms with E-state index >= 15 is 0 Å². The monoisotopic (exact) mass is 375 g/mol. The lowest BCUT2D eigenvalue weighted by Crippen LogP contribution is -2.36. The van der Waals surface area contributed by atoms with Crippen LogP contribution < -0.4 is 15.4 Å². The molecule has 0 saturated carbocycles. The number of hydrogen-bond donors (Lipinski definition) is 3. The number of nitrogens with one attached hydrogen (secondary N) is 3. The molecule has 0 unspecified atom stereocenters. The van der Waals surface area contributed by atoms with E-state index in [-0.39, 0.29) is 22.9 Å². The van der Waals surface area contributed by atoms with Crippen LogP contribution in [0.2, 0.25) is 0 Å². The van der Waals surface area contributed by atoms with Crippen LogP contribution in [0.25, 0.3) is 0 Å². The van der Waals surface area contributed by atoms with Gasteiger partial charge in [-0.1, -0.05) is 18.2 Å². The highest BCUT2D eigenvalue weighted by molar-refractivity contribution is 7.92. The molecule has 0 aliphatic heterocycles. The summed E-state index contributed by atoms with van der Waals surface area (Å²) < 4.78 is 27.5. The van der Waals surface area contributed by atoms with Crippen molar-refractivity contribution in [2.45, 2.75) is 18.7 Å². The lowest BCUT2D eigenvalue weighted by molar-refractivity contribution is -0.120. The first kappa shape index (κ1) is 19.5. The SMILES string of the molecule is CCNC(=O)CNC(=O)c1cccc(S(=O)(=O)Nc2cccc(C)c2)c1. The fourth-order valence-electron chi connectivity index (χ4n) is 2.25. The van der Waals surface area contributed by atoms with Crippen molar-refractivity contribution in [3.63, 3.8) is 0 Å². The average molecular weight is 375 g/mol. The van der Waals surface area contributed by atoms with E-state index in [2.05, 4.69) is 15.4 Å². The molecule has 8 heteroatoms. The van der Waals surface area contributed by atoms with Gasteiger partial charge in [0.15, 0.2) is 0 Å². The fourth-order valence-corrected chi connectivity index (χ4v) is 3.34. The van der Waals surface area contributed by atoms with Gasteiger partial charge in [0.25, 0.3) is 15.9 Å². The van der Waals surface area contributed by atoms with E-state index in [9.17, 15) is 18.0 Å². The van der Waals surface area contributed by atoms with Gasteiger partial charge in [0.05, 0.1) is 11.4 Å². The van der Waals surface area contributed by atoms with Crippen LogP contribution in [0.4, 0.5) is 5.69 Å². The number of amides is 2. The Balaban J connectivity index is 2.14. The number of rotatable bonds is 7. The molecule has 0 saturated heterocycles. The molecule has 0 heterocycles. The average Bonchev–Trinajstić information content (AvgIpc) is 2.60. The zero-order valence-electron chi connectivity index (χ0n) is 14.6. The van der Waals surface area contributed by atoms with Crippen LogP contribution in [0.5, 0.6) is 0 Å². The number of sulfonamides is 1. The van der Waals surface area contributed by atoms with Crippen LogP contribution in [0.3, 0.4) is 0 Å². The second-order valence-corrected chi connectivity index (χ2v) is 7.32. The van der Waals surface area contributed by atoms with Crippen molar-refractivity contribution in [3.05, 3.63) is 59.7 Å². The Hall–Kier alpha value is -2.87. The molecule has 2 aromatic rings. The number of aryl methyl sites for hydroxylation is 1. The fraction of sp³-hybridized carbons (Fsp3) is 0.222. The second-order valence-electron chi connectivity index (χ2n) is 5.64. The van der Waals surface area contributed by atoms with Crippen molar-refractivity contribution in [2.24, 2.45) is 0 Å². The van der Waals surface area contributed by atoms with E-state index in [1.807, 2.05) is 13.0 Å². The molecule has 2 amide bonds. The zero-order chi connectivity index (χ0) is 19.2. The molecule has 2 aromatic carbocycles.